The van der Waals surface area contributed by atoms with Crippen molar-refractivity contribution in [1.82, 2.24) is 14.3 Å². The van der Waals surface area contributed by atoms with E-state index in [1.165, 1.54) is 21.6 Å². The van der Waals surface area contributed by atoms with E-state index < -0.39 is 5.82 Å². The molecular formula is C15H11BrFN3O. The first-order valence-electron chi connectivity index (χ1n) is 6.29. The van der Waals surface area contributed by atoms with Crippen molar-refractivity contribution in [1.29, 1.82) is 0 Å². The standard InChI is InChI=1S/C15H11BrFN3O/c16-13-7-6-12(8-14(13)17)20-15(21)19(10-18-20)9-11-4-2-1-3-5-11/h1-8,10H,9H2. The molecule has 0 unspecified atom stereocenters. The zero-order valence-electron chi connectivity index (χ0n) is 10.9. The molecule has 106 valence electrons. The highest BCUT2D eigenvalue weighted by atomic mass is 79.9. The molecular weight excluding hydrogens is 337 g/mol. The monoisotopic (exact) mass is 347 g/mol. The Balaban J connectivity index is 1.96. The summed E-state index contributed by atoms with van der Waals surface area (Å²) in [5, 5.41) is 4.04. The Morgan fingerprint density at radius 2 is 1.90 bits per heavy atom. The smallest absolute Gasteiger partial charge is 0.277 e. The molecule has 6 heteroatoms. The van der Waals surface area contributed by atoms with Gasteiger partial charge in [-0.2, -0.15) is 9.78 Å². The maximum Gasteiger partial charge on any atom is 0.350 e. The first-order chi connectivity index (χ1) is 10.1. The first-order valence-corrected chi connectivity index (χ1v) is 7.08. The molecule has 3 rings (SSSR count). The van der Waals surface area contributed by atoms with Crippen molar-refractivity contribution in [3.05, 3.63) is 81.2 Å². The lowest BCUT2D eigenvalue weighted by Gasteiger charge is -2.02. The minimum atomic E-state index is -0.433. The van der Waals surface area contributed by atoms with Gasteiger partial charge >= 0.3 is 5.69 Å². The molecule has 4 nitrogen and oxygen atoms in total. The second kappa shape index (κ2) is 5.65. The molecule has 0 aliphatic carbocycles. The molecule has 0 atom stereocenters. The van der Waals surface area contributed by atoms with E-state index in [4.69, 9.17) is 0 Å². The van der Waals surface area contributed by atoms with Crippen LogP contribution in [0.5, 0.6) is 0 Å². The summed E-state index contributed by atoms with van der Waals surface area (Å²) in [5.41, 5.74) is 1.09. The van der Waals surface area contributed by atoms with E-state index in [0.29, 0.717) is 16.7 Å². The third kappa shape index (κ3) is 2.80. The topological polar surface area (TPSA) is 39.8 Å². The van der Waals surface area contributed by atoms with Gasteiger partial charge in [-0.25, -0.2) is 9.18 Å². The third-order valence-corrected chi connectivity index (χ3v) is 3.72. The highest BCUT2D eigenvalue weighted by Crippen LogP contribution is 2.17. The highest BCUT2D eigenvalue weighted by molar-refractivity contribution is 9.10. The Morgan fingerprint density at radius 1 is 1.14 bits per heavy atom. The van der Waals surface area contributed by atoms with Crippen molar-refractivity contribution in [2.24, 2.45) is 0 Å². The predicted molar refractivity (Wildman–Crippen MR) is 81.0 cm³/mol. The summed E-state index contributed by atoms with van der Waals surface area (Å²) in [7, 11) is 0. The average molecular weight is 348 g/mol. The summed E-state index contributed by atoms with van der Waals surface area (Å²) in [6.45, 7) is 0.429. The Morgan fingerprint density at radius 3 is 2.62 bits per heavy atom. The van der Waals surface area contributed by atoms with Crippen LogP contribution in [-0.2, 0) is 6.54 Å². The number of hydrogen-bond donors (Lipinski definition) is 0. The molecule has 0 bridgehead atoms. The maximum atomic E-state index is 13.6. The highest BCUT2D eigenvalue weighted by Gasteiger charge is 2.09. The molecule has 0 saturated heterocycles. The first kappa shape index (κ1) is 13.8. The number of hydrogen-bond acceptors (Lipinski definition) is 2. The Hall–Kier alpha value is -2.21. The number of aromatic nitrogens is 3. The predicted octanol–water partition coefficient (Wildman–Crippen LogP) is 2.98. The molecule has 0 fully saturated rings. The summed E-state index contributed by atoms with van der Waals surface area (Å²) < 4.78 is 16.6. The molecule has 0 aliphatic rings. The van der Waals surface area contributed by atoms with E-state index in [0.717, 1.165) is 5.56 Å². The minimum absolute atomic E-state index is 0.305. The average Bonchev–Trinajstić information content (AvgIpc) is 2.84. The van der Waals surface area contributed by atoms with Crippen molar-refractivity contribution >= 4 is 15.9 Å². The Kier molecular flexibility index (Phi) is 3.70. The van der Waals surface area contributed by atoms with Gasteiger partial charge in [0.25, 0.3) is 0 Å². The zero-order valence-corrected chi connectivity index (χ0v) is 12.5. The van der Waals surface area contributed by atoms with Gasteiger partial charge in [0.1, 0.15) is 12.1 Å². The van der Waals surface area contributed by atoms with Gasteiger partial charge in [0, 0.05) is 6.07 Å². The van der Waals surface area contributed by atoms with Crippen molar-refractivity contribution < 1.29 is 4.39 Å². The van der Waals surface area contributed by atoms with E-state index >= 15 is 0 Å². The van der Waals surface area contributed by atoms with Crippen LogP contribution in [0, 0.1) is 5.82 Å². The van der Waals surface area contributed by atoms with E-state index in [1.54, 1.807) is 12.1 Å². The van der Waals surface area contributed by atoms with Gasteiger partial charge in [-0.3, -0.25) is 4.57 Å². The van der Waals surface area contributed by atoms with Crippen molar-refractivity contribution in [3.8, 4) is 5.69 Å². The quantitative estimate of drug-likeness (QED) is 0.730. The van der Waals surface area contributed by atoms with Crippen LogP contribution in [0.15, 0.2) is 64.1 Å². The largest absolute Gasteiger partial charge is 0.350 e. The maximum absolute atomic E-state index is 13.6. The Bertz CT molecular complexity index is 826. The lowest BCUT2D eigenvalue weighted by atomic mass is 10.2. The molecule has 3 aromatic rings. The van der Waals surface area contributed by atoms with E-state index in [9.17, 15) is 9.18 Å². The van der Waals surface area contributed by atoms with Gasteiger partial charge in [-0.1, -0.05) is 30.3 Å². The van der Waals surface area contributed by atoms with Gasteiger partial charge in [0.2, 0.25) is 0 Å². The van der Waals surface area contributed by atoms with Gasteiger partial charge in [0.05, 0.1) is 16.7 Å². The SMILES string of the molecule is O=c1n(Cc2ccccc2)cnn1-c1ccc(Br)c(F)c1. The van der Waals surface area contributed by atoms with Gasteiger partial charge < -0.3 is 0 Å². The van der Waals surface area contributed by atoms with Gasteiger partial charge in [-0.15, -0.1) is 0 Å². The van der Waals surface area contributed by atoms with Crippen LogP contribution >= 0.6 is 15.9 Å². The fourth-order valence-electron chi connectivity index (χ4n) is 2.02. The summed E-state index contributed by atoms with van der Waals surface area (Å²) >= 11 is 3.08. The van der Waals surface area contributed by atoms with E-state index in [2.05, 4.69) is 21.0 Å². The molecule has 2 aromatic carbocycles. The lowest BCUT2D eigenvalue weighted by molar-refractivity contribution is 0.618. The molecule has 0 N–H and O–H groups in total. The molecule has 1 heterocycles. The minimum Gasteiger partial charge on any atom is -0.277 e. The van der Waals surface area contributed by atoms with Crippen LogP contribution < -0.4 is 5.69 Å². The van der Waals surface area contributed by atoms with Gasteiger partial charge in [-0.05, 0) is 33.6 Å². The van der Waals surface area contributed by atoms with Gasteiger partial charge in [0.15, 0.2) is 0 Å². The normalized spacial score (nSPS) is 10.8. The number of rotatable bonds is 3. The fourth-order valence-corrected chi connectivity index (χ4v) is 2.26. The number of nitrogens with zero attached hydrogens (tertiary/aromatic N) is 3. The zero-order chi connectivity index (χ0) is 14.8. The molecule has 0 saturated carbocycles. The molecule has 0 aliphatic heterocycles. The van der Waals surface area contributed by atoms with Crippen LogP contribution in [0.1, 0.15) is 5.56 Å². The van der Waals surface area contributed by atoms with E-state index in [1.807, 2.05) is 30.3 Å². The summed E-state index contributed by atoms with van der Waals surface area (Å²) in [4.78, 5) is 12.3. The summed E-state index contributed by atoms with van der Waals surface area (Å²) in [6.07, 6.45) is 1.45. The van der Waals surface area contributed by atoms with Crippen molar-refractivity contribution in [2.45, 2.75) is 6.54 Å². The second-order valence-corrected chi connectivity index (χ2v) is 5.39. The molecule has 0 radical (unpaired) electrons. The second-order valence-electron chi connectivity index (χ2n) is 4.54. The fraction of sp³-hybridized carbons (Fsp3) is 0.0667. The number of halogens is 2. The van der Waals surface area contributed by atoms with Crippen molar-refractivity contribution in [2.75, 3.05) is 0 Å². The lowest BCUT2D eigenvalue weighted by Crippen LogP contribution is -2.24. The van der Waals surface area contributed by atoms with Crippen LogP contribution in [0.25, 0.3) is 5.69 Å². The number of benzene rings is 2. The Labute approximate surface area is 128 Å². The molecule has 0 spiro atoms. The summed E-state index contributed by atoms with van der Waals surface area (Å²) in [5.74, 6) is -0.433. The summed E-state index contributed by atoms with van der Waals surface area (Å²) in [6, 6.07) is 14.1. The molecule has 21 heavy (non-hydrogen) atoms. The van der Waals surface area contributed by atoms with Crippen molar-refractivity contribution in [3.63, 3.8) is 0 Å². The van der Waals surface area contributed by atoms with E-state index in [-0.39, 0.29) is 5.69 Å². The molecule has 0 amide bonds. The van der Waals surface area contributed by atoms with Crippen LogP contribution in [-0.4, -0.2) is 14.3 Å². The molecule has 1 aromatic heterocycles. The third-order valence-electron chi connectivity index (χ3n) is 3.08. The van der Waals surface area contributed by atoms with Crippen LogP contribution in [0.3, 0.4) is 0 Å². The van der Waals surface area contributed by atoms with Crippen LogP contribution in [0.2, 0.25) is 0 Å². The van der Waals surface area contributed by atoms with Crippen LogP contribution in [0.4, 0.5) is 4.39 Å².